The Morgan fingerprint density at radius 2 is 2.05 bits per heavy atom. The summed E-state index contributed by atoms with van der Waals surface area (Å²) in [5, 5.41) is 0. The highest BCUT2D eigenvalue weighted by Crippen LogP contribution is 2.17. The zero-order valence-electron chi connectivity index (χ0n) is 11.8. The molecule has 0 saturated carbocycles. The van der Waals surface area contributed by atoms with E-state index in [0.29, 0.717) is 6.61 Å². The number of anilines is 1. The molecule has 5 nitrogen and oxygen atoms in total. The third-order valence-electron chi connectivity index (χ3n) is 3.68. The fourth-order valence-corrected chi connectivity index (χ4v) is 2.60. The van der Waals surface area contributed by atoms with E-state index in [1.165, 1.54) is 0 Å². The van der Waals surface area contributed by atoms with Gasteiger partial charge in [0.15, 0.2) is 0 Å². The first-order valence-corrected chi connectivity index (χ1v) is 7.18. The van der Waals surface area contributed by atoms with E-state index in [1.807, 2.05) is 24.3 Å². The fourth-order valence-electron chi connectivity index (χ4n) is 2.60. The number of hydrogen-bond acceptors (Lipinski definition) is 4. The number of primary amides is 1. The minimum Gasteiger partial charge on any atom is -0.494 e. The van der Waals surface area contributed by atoms with Crippen molar-refractivity contribution < 1.29 is 9.53 Å². The molecule has 0 radical (unpaired) electrons. The molecular weight excluding hydrogens is 254 g/mol. The maximum atomic E-state index is 11.4. The number of carbonyl (C=O) groups excluding carboxylic acids is 1. The van der Waals surface area contributed by atoms with E-state index < -0.39 is 0 Å². The Bertz CT molecular complexity index is 433. The van der Waals surface area contributed by atoms with Gasteiger partial charge in [-0.2, -0.15) is 0 Å². The Labute approximate surface area is 119 Å². The number of nitrogens with zero attached hydrogens (tertiary/aromatic N) is 1. The van der Waals surface area contributed by atoms with Crippen molar-refractivity contribution in [3.05, 3.63) is 24.3 Å². The van der Waals surface area contributed by atoms with Crippen LogP contribution in [0.1, 0.15) is 25.7 Å². The van der Waals surface area contributed by atoms with Crippen LogP contribution in [0.3, 0.4) is 0 Å². The maximum absolute atomic E-state index is 11.4. The molecular formula is C15H23N3O2. The minimum atomic E-state index is -0.204. The predicted octanol–water partition coefficient (Wildman–Crippen LogP) is 1.38. The van der Waals surface area contributed by atoms with Gasteiger partial charge in [0.25, 0.3) is 0 Å². The SMILES string of the molecule is NC(=O)C1CCCCN1CCCOc1ccc(N)cc1. The van der Waals surface area contributed by atoms with Crippen molar-refractivity contribution in [1.82, 2.24) is 4.90 Å². The van der Waals surface area contributed by atoms with Crippen LogP contribution in [-0.2, 0) is 4.79 Å². The second-order valence-electron chi connectivity index (χ2n) is 5.22. The van der Waals surface area contributed by atoms with Crippen LogP contribution in [0.25, 0.3) is 0 Å². The maximum Gasteiger partial charge on any atom is 0.234 e. The molecule has 0 aromatic heterocycles. The molecule has 1 aliphatic heterocycles. The number of ether oxygens (including phenoxy) is 1. The molecule has 1 heterocycles. The van der Waals surface area contributed by atoms with Crippen LogP contribution in [0.2, 0.25) is 0 Å². The third kappa shape index (κ3) is 4.13. The lowest BCUT2D eigenvalue weighted by atomic mass is 10.0. The van der Waals surface area contributed by atoms with Gasteiger partial charge >= 0.3 is 0 Å². The van der Waals surface area contributed by atoms with Gasteiger partial charge in [0.2, 0.25) is 5.91 Å². The second kappa shape index (κ2) is 7.14. The molecule has 1 atom stereocenters. The molecule has 4 N–H and O–H groups in total. The molecule has 1 amide bonds. The molecule has 1 saturated heterocycles. The van der Waals surface area contributed by atoms with Crippen LogP contribution in [0.4, 0.5) is 5.69 Å². The highest BCUT2D eigenvalue weighted by molar-refractivity contribution is 5.79. The lowest BCUT2D eigenvalue weighted by Crippen LogP contribution is -2.48. The predicted molar refractivity (Wildman–Crippen MR) is 79.4 cm³/mol. The number of amides is 1. The van der Waals surface area contributed by atoms with Gasteiger partial charge in [0, 0.05) is 12.2 Å². The second-order valence-corrected chi connectivity index (χ2v) is 5.22. The molecule has 20 heavy (non-hydrogen) atoms. The van der Waals surface area contributed by atoms with E-state index >= 15 is 0 Å². The highest BCUT2D eigenvalue weighted by atomic mass is 16.5. The lowest BCUT2D eigenvalue weighted by molar-refractivity contribution is -0.124. The van der Waals surface area contributed by atoms with E-state index in [2.05, 4.69) is 4.90 Å². The van der Waals surface area contributed by atoms with Crippen molar-refractivity contribution in [2.75, 3.05) is 25.4 Å². The number of hydrogen-bond donors (Lipinski definition) is 2. The molecule has 5 heteroatoms. The Kier molecular flexibility index (Phi) is 5.24. The molecule has 1 aromatic rings. The first kappa shape index (κ1) is 14.7. The zero-order chi connectivity index (χ0) is 14.4. The molecule has 1 aliphatic rings. The molecule has 1 aromatic carbocycles. The highest BCUT2D eigenvalue weighted by Gasteiger charge is 2.26. The number of benzene rings is 1. The van der Waals surface area contributed by atoms with Gasteiger partial charge in [-0.1, -0.05) is 6.42 Å². The minimum absolute atomic E-state index is 0.0970. The summed E-state index contributed by atoms with van der Waals surface area (Å²) in [4.78, 5) is 13.6. The molecule has 1 unspecified atom stereocenters. The molecule has 1 fully saturated rings. The van der Waals surface area contributed by atoms with Crippen molar-refractivity contribution in [2.45, 2.75) is 31.7 Å². The van der Waals surface area contributed by atoms with Crippen LogP contribution >= 0.6 is 0 Å². The van der Waals surface area contributed by atoms with Crippen molar-refractivity contribution in [2.24, 2.45) is 5.73 Å². The van der Waals surface area contributed by atoms with Gasteiger partial charge in [-0.15, -0.1) is 0 Å². The van der Waals surface area contributed by atoms with E-state index in [9.17, 15) is 4.79 Å². The Morgan fingerprint density at radius 1 is 1.30 bits per heavy atom. The van der Waals surface area contributed by atoms with E-state index in [4.69, 9.17) is 16.2 Å². The summed E-state index contributed by atoms with van der Waals surface area (Å²) in [6.07, 6.45) is 4.00. The van der Waals surface area contributed by atoms with Crippen LogP contribution in [0.15, 0.2) is 24.3 Å². The molecule has 0 aliphatic carbocycles. The number of rotatable bonds is 6. The Morgan fingerprint density at radius 3 is 2.75 bits per heavy atom. The summed E-state index contributed by atoms with van der Waals surface area (Å²) in [6, 6.07) is 7.28. The van der Waals surface area contributed by atoms with Gasteiger partial charge in [-0.25, -0.2) is 0 Å². The number of likely N-dealkylation sites (tertiary alicyclic amines) is 1. The summed E-state index contributed by atoms with van der Waals surface area (Å²) >= 11 is 0. The van der Waals surface area contributed by atoms with Gasteiger partial charge < -0.3 is 16.2 Å². The average Bonchev–Trinajstić information content (AvgIpc) is 2.46. The van der Waals surface area contributed by atoms with Crippen molar-refractivity contribution in [3.8, 4) is 5.75 Å². The normalized spacial score (nSPS) is 19.7. The van der Waals surface area contributed by atoms with Gasteiger partial charge in [0.05, 0.1) is 12.6 Å². The zero-order valence-corrected chi connectivity index (χ0v) is 11.8. The average molecular weight is 277 g/mol. The van der Waals surface area contributed by atoms with E-state index in [0.717, 1.165) is 50.2 Å². The van der Waals surface area contributed by atoms with Crippen LogP contribution < -0.4 is 16.2 Å². The largest absolute Gasteiger partial charge is 0.494 e. The summed E-state index contributed by atoms with van der Waals surface area (Å²) in [5.41, 5.74) is 11.8. The smallest absolute Gasteiger partial charge is 0.234 e. The van der Waals surface area contributed by atoms with Crippen LogP contribution in [0.5, 0.6) is 5.75 Å². The molecule has 0 bridgehead atoms. The Balaban J connectivity index is 1.72. The summed E-state index contributed by atoms with van der Waals surface area (Å²) < 4.78 is 5.65. The molecule has 2 rings (SSSR count). The van der Waals surface area contributed by atoms with Gasteiger partial charge in [-0.3, -0.25) is 9.69 Å². The first-order valence-electron chi connectivity index (χ1n) is 7.18. The van der Waals surface area contributed by atoms with Gasteiger partial charge in [0.1, 0.15) is 5.75 Å². The first-order chi connectivity index (χ1) is 9.66. The molecule has 110 valence electrons. The summed E-state index contributed by atoms with van der Waals surface area (Å²) in [6.45, 7) is 2.43. The lowest BCUT2D eigenvalue weighted by Gasteiger charge is -2.33. The number of nitrogen functional groups attached to an aromatic ring is 1. The summed E-state index contributed by atoms with van der Waals surface area (Å²) in [5.74, 6) is 0.619. The topological polar surface area (TPSA) is 81.6 Å². The number of carbonyl (C=O) groups is 1. The standard InChI is InChI=1S/C15H23N3O2/c16-12-5-7-13(8-6-12)20-11-3-10-18-9-2-1-4-14(18)15(17)19/h5-8,14H,1-4,9-11,16H2,(H2,17,19). The van der Waals surface area contributed by atoms with E-state index in [1.54, 1.807) is 0 Å². The Hall–Kier alpha value is -1.75. The number of piperidine rings is 1. The van der Waals surface area contributed by atoms with Crippen LogP contribution in [-0.4, -0.2) is 36.5 Å². The van der Waals surface area contributed by atoms with Crippen LogP contribution in [0, 0.1) is 0 Å². The fraction of sp³-hybridized carbons (Fsp3) is 0.533. The van der Waals surface area contributed by atoms with Crippen molar-refractivity contribution in [3.63, 3.8) is 0 Å². The van der Waals surface area contributed by atoms with Crippen molar-refractivity contribution in [1.29, 1.82) is 0 Å². The molecule has 0 spiro atoms. The van der Waals surface area contributed by atoms with Gasteiger partial charge in [-0.05, 0) is 50.1 Å². The quantitative estimate of drug-likeness (QED) is 0.608. The van der Waals surface area contributed by atoms with Crippen molar-refractivity contribution >= 4 is 11.6 Å². The number of nitrogens with two attached hydrogens (primary N) is 2. The van der Waals surface area contributed by atoms with E-state index in [-0.39, 0.29) is 11.9 Å². The monoisotopic (exact) mass is 277 g/mol. The summed E-state index contributed by atoms with van der Waals surface area (Å²) in [7, 11) is 0. The third-order valence-corrected chi connectivity index (χ3v) is 3.68.